The van der Waals surface area contributed by atoms with Crippen LogP contribution in [0.2, 0.25) is 0 Å². The van der Waals surface area contributed by atoms with E-state index in [1.54, 1.807) is 0 Å². The topological polar surface area (TPSA) is 74.8 Å². The molecular formula is C4N2O4Sn. The van der Waals surface area contributed by atoms with Crippen LogP contribution in [0.5, 0.6) is 0 Å². The number of carbonyl (C=O) groups excluding carboxylic acids is 4. The van der Waals surface area contributed by atoms with Gasteiger partial charge >= 0.3 is 70.7 Å². The van der Waals surface area contributed by atoms with Crippen LogP contribution in [0.1, 0.15) is 0 Å². The van der Waals surface area contributed by atoms with Crippen LogP contribution >= 0.6 is 0 Å². The summed E-state index contributed by atoms with van der Waals surface area (Å²) in [5.41, 5.74) is 0. The Hall–Kier alpha value is -0.921. The van der Waals surface area contributed by atoms with E-state index in [-0.39, 0.29) is 0 Å². The number of hydrogen-bond acceptors (Lipinski definition) is 4. The third-order valence-corrected chi connectivity index (χ3v) is 4.77. The van der Waals surface area contributed by atoms with E-state index < -0.39 is 45.3 Å². The number of hydrogen-bond donors (Lipinski definition) is 0. The summed E-state index contributed by atoms with van der Waals surface area (Å²) in [5.74, 6) is -2.96. The van der Waals surface area contributed by atoms with Crippen LogP contribution in [0.15, 0.2) is 0 Å². The van der Waals surface area contributed by atoms with Crippen molar-refractivity contribution in [2.24, 2.45) is 0 Å². The zero-order valence-corrected chi connectivity index (χ0v) is 7.88. The molecule has 0 saturated carbocycles. The van der Waals surface area contributed by atoms with E-state index in [1.807, 2.05) is 0 Å². The molecule has 0 N–H and O–H groups in total. The van der Waals surface area contributed by atoms with Gasteiger partial charge in [-0.3, -0.25) is 0 Å². The molecule has 7 heteroatoms. The Kier molecular flexibility index (Phi) is 1.12. The van der Waals surface area contributed by atoms with E-state index >= 15 is 0 Å². The van der Waals surface area contributed by atoms with Gasteiger partial charge in [-0.25, -0.2) is 0 Å². The Bertz CT molecular complexity index is 285. The van der Waals surface area contributed by atoms with Crippen LogP contribution in [-0.4, -0.2) is 51.6 Å². The van der Waals surface area contributed by atoms with E-state index in [0.717, 1.165) is 6.24 Å². The minimum absolute atomic E-state index is 0.619. The molecule has 2 radical (unpaired) electrons. The fourth-order valence-corrected chi connectivity index (χ4v) is 3.13. The standard InChI is InChI=1S/C4H2N2O4.Sn/c7-1-2(8)5-4(10)6-3(1)9;/h(H2,5,6,8,9,10);/q;+2/p-2. The number of nitrogens with zero attached hydrogens (tertiary/aromatic N) is 2. The van der Waals surface area contributed by atoms with Crippen molar-refractivity contribution in [2.75, 3.05) is 0 Å². The number of carbonyl (C=O) groups is 4. The van der Waals surface area contributed by atoms with Crippen LogP contribution in [0, 0.1) is 0 Å². The summed E-state index contributed by atoms with van der Waals surface area (Å²) in [6, 6.07) is -0.619. The summed E-state index contributed by atoms with van der Waals surface area (Å²) in [6.45, 7) is 0. The van der Waals surface area contributed by atoms with Crippen molar-refractivity contribution in [1.29, 1.82) is 0 Å². The molecule has 2 bridgehead atoms. The number of imide groups is 2. The van der Waals surface area contributed by atoms with Crippen molar-refractivity contribution in [2.45, 2.75) is 0 Å². The van der Waals surface area contributed by atoms with Gasteiger partial charge in [0.1, 0.15) is 0 Å². The van der Waals surface area contributed by atoms with E-state index in [4.69, 9.17) is 0 Å². The molecule has 0 aliphatic carbocycles. The zero-order valence-electron chi connectivity index (χ0n) is 5.03. The van der Waals surface area contributed by atoms with Gasteiger partial charge in [0.25, 0.3) is 0 Å². The molecule has 6 nitrogen and oxygen atoms in total. The maximum atomic E-state index is 10.7. The molecule has 0 unspecified atom stereocenters. The molecule has 4 amide bonds. The molecule has 3 fully saturated rings. The van der Waals surface area contributed by atoms with Gasteiger partial charge in [-0.1, -0.05) is 0 Å². The van der Waals surface area contributed by atoms with Crippen molar-refractivity contribution in [3.05, 3.63) is 0 Å². The second kappa shape index (κ2) is 1.81. The van der Waals surface area contributed by atoms with E-state index in [9.17, 15) is 19.2 Å². The average Bonchev–Trinajstić information content (AvgIpc) is 1.97. The van der Waals surface area contributed by atoms with E-state index in [0.29, 0.717) is 0 Å². The van der Waals surface area contributed by atoms with Crippen molar-refractivity contribution in [3.8, 4) is 0 Å². The van der Waals surface area contributed by atoms with Gasteiger partial charge in [0, 0.05) is 0 Å². The van der Waals surface area contributed by atoms with Crippen LogP contribution in [-0.2, 0) is 14.4 Å². The molecule has 54 valence electrons. The number of barbiturate groups is 1. The second-order valence-corrected chi connectivity index (χ2v) is 5.12. The first-order chi connectivity index (χ1) is 5.13. The number of rotatable bonds is 0. The van der Waals surface area contributed by atoms with Gasteiger partial charge in [0.15, 0.2) is 0 Å². The molecule has 0 aromatic rings. The third kappa shape index (κ3) is 0.620. The predicted octanol–water partition coefficient (Wildman–Crippen LogP) is -2.11. The molecule has 0 aromatic heterocycles. The van der Waals surface area contributed by atoms with Gasteiger partial charge in [-0.15, -0.1) is 0 Å². The first-order valence-electron chi connectivity index (χ1n) is 2.66. The summed E-state index contributed by atoms with van der Waals surface area (Å²) < 4.78 is 1.79. The van der Waals surface area contributed by atoms with Crippen molar-refractivity contribution in [3.63, 3.8) is 0 Å². The molecule has 0 aromatic carbocycles. The van der Waals surface area contributed by atoms with Crippen LogP contribution in [0.3, 0.4) is 0 Å². The zero-order chi connectivity index (χ0) is 8.17. The normalized spacial score (nSPS) is 22.5. The molecule has 3 aliphatic rings. The van der Waals surface area contributed by atoms with Crippen molar-refractivity contribution >= 4 is 45.3 Å². The molecule has 0 spiro atoms. The number of urea groups is 1. The quantitative estimate of drug-likeness (QED) is 0.368. The van der Waals surface area contributed by atoms with Gasteiger partial charge in [-0.2, -0.15) is 0 Å². The van der Waals surface area contributed by atoms with Gasteiger partial charge in [-0.05, 0) is 0 Å². The first kappa shape index (κ1) is 6.77. The van der Waals surface area contributed by atoms with Gasteiger partial charge < -0.3 is 0 Å². The molecule has 11 heavy (non-hydrogen) atoms. The van der Waals surface area contributed by atoms with Gasteiger partial charge in [0.05, 0.1) is 0 Å². The van der Waals surface area contributed by atoms with Crippen molar-refractivity contribution in [1.82, 2.24) is 6.24 Å². The molecule has 3 aliphatic heterocycles. The van der Waals surface area contributed by atoms with E-state index in [2.05, 4.69) is 0 Å². The Morgan fingerprint density at radius 1 is 0.909 bits per heavy atom. The number of fused-ring (bicyclic) bond motifs is 2. The molecule has 3 heterocycles. The van der Waals surface area contributed by atoms with E-state index in [1.165, 1.54) is 0 Å². The van der Waals surface area contributed by atoms with Crippen LogP contribution < -0.4 is 0 Å². The van der Waals surface area contributed by atoms with Crippen LogP contribution in [0.4, 0.5) is 4.79 Å². The minimum atomic E-state index is -1.51. The van der Waals surface area contributed by atoms with Crippen LogP contribution in [0.25, 0.3) is 0 Å². The fraction of sp³-hybridized carbons (Fsp3) is 0. The predicted molar refractivity (Wildman–Crippen MR) is 29.8 cm³/mol. The number of amides is 4. The fourth-order valence-electron chi connectivity index (χ4n) is 0.800. The van der Waals surface area contributed by atoms with Gasteiger partial charge in [0.2, 0.25) is 0 Å². The average molecular weight is 259 g/mol. The summed E-state index contributed by atoms with van der Waals surface area (Å²) >= 11 is -1.51. The molecular weight excluding hydrogens is 259 g/mol. The van der Waals surface area contributed by atoms with Crippen molar-refractivity contribution < 1.29 is 19.2 Å². The second-order valence-electron chi connectivity index (χ2n) is 1.99. The number of Topliss-reactive ketones (excluding diaryl/α,β-unsaturated/α-hetero) is 1. The Labute approximate surface area is 71.0 Å². The Morgan fingerprint density at radius 3 is 1.73 bits per heavy atom. The Balaban J connectivity index is 2.43. The first-order valence-corrected chi connectivity index (χ1v) is 5.21. The SMILES string of the molecule is O=C1C(=O)[N]2[Sn][N](C1=O)C2=O. The molecule has 3 saturated heterocycles. The Morgan fingerprint density at radius 2 is 1.36 bits per heavy atom. The third-order valence-electron chi connectivity index (χ3n) is 1.38. The molecule has 3 rings (SSSR count). The summed E-state index contributed by atoms with van der Waals surface area (Å²) in [7, 11) is 0. The molecule has 0 atom stereocenters. The maximum absolute atomic E-state index is 10.7. The summed E-state index contributed by atoms with van der Waals surface area (Å²) in [5, 5.41) is 0. The monoisotopic (exact) mass is 260 g/mol. The summed E-state index contributed by atoms with van der Waals surface area (Å²) in [6.07, 6.45) is 0. The number of ketones is 1. The summed E-state index contributed by atoms with van der Waals surface area (Å²) in [4.78, 5) is 42.8.